The first kappa shape index (κ1) is 15.5. The van der Waals surface area contributed by atoms with Crippen molar-refractivity contribution in [2.24, 2.45) is 13.0 Å². The summed E-state index contributed by atoms with van der Waals surface area (Å²) < 4.78 is 1.76. The first-order valence-corrected chi connectivity index (χ1v) is 7.26. The molecule has 1 saturated heterocycles. The molecule has 0 unspecified atom stereocenters. The number of aryl methyl sites for hydroxylation is 2. The zero-order valence-corrected chi connectivity index (χ0v) is 13.4. The molecule has 0 saturated carbocycles. The Morgan fingerprint density at radius 1 is 1.48 bits per heavy atom. The number of hydrogen-bond acceptors (Lipinski definition) is 3. The Morgan fingerprint density at radius 3 is 2.62 bits per heavy atom. The second-order valence-corrected chi connectivity index (χ2v) is 6.69. The fraction of sp³-hybridized carbons (Fsp3) is 0.667. The second-order valence-electron chi connectivity index (χ2n) is 6.69. The lowest BCUT2D eigenvalue weighted by atomic mass is 10.1. The molecule has 6 heteroatoms. The number of nitrogens with one attached hydrogen (secondary N) is 1. The average molecular weight is 292 g/mol. The lowest BCUT2D eigenvalue weighted by Gasteiger charge is -2.31. The minimum atomic E-state index is -0.258. The van der Waals surface area contributed by atoms with Gasteiger partial charge in [-0.1, -0.05) is 0 Å². The van der Waals surface area contributed by atoms with E-state index >= 15 is 0 Å². The number of carbonyl (C=O) groups excluding carboxylic acids is 2. The van der Waals surface area contributed by atoms with E-state index in [1.807, 2.05) is 40.8 Å². The third-order valence-electron chi connectivity index (χ3n) is 3.85. The summed E-state index contributed by atoms with van der Waals surface area (Å²) in [7, 11) is 1.86. The largest absolute Gasteiger partial charge is 0.350 e. The van der Waals surface area contributed by atoms with Gasteiger partial charge in [-0.2, -0.15) is 5.10 Å². The topological polar surface area (TPSA) is 67.2 Å². The van der Waals surface area contributed by atoms with Crippen molar-refractivity contribution in [1.82, 2.24) is 20.0 Å². The lowest BCUT2D eigenvalue weighted by Crippen LogP contribution is -2.43. The number of rotatable bonds is 3. The van der Waals surface area contributed by atoms with Crippen molar-refractivity contribution in [2.45, 2.75) is 46.2 Å². The van der Waals surface area contributed by atoms with Crippen LogP contribution in [0.25, 0.3) is 0 Å². The summed E-state index contributed by atoms with van der Waals surface area (Å²) in [6.07, 6.45) is 0.299. The van der Waals surface area contributed by atoms with Crippen LogP contribution < -0.4 is 5.32 Å². The molecule has 0 aliphatic carbocycles. The van der Waals surface area contributed by atoms with E-state index in [1.165, 1.54) is 0 Å². The molecule has 1 aromatic heterocycles. The summed E-state index contributed by atoms with van der Waals surface area (Å²) in [4.78, 5) is 26.0. The Balaban J connectivity index is 1.93. The number of aromatic nitrogens is 2. The van der Waals surface area contributed by atoms with Gasteiger partial charge in [-0.05, 0) is 33.8 Å². The standard InChI is InChI=1S/C15H24N4O2/c1-10-6-12(18(5)17-10)8-16-14(21)11-7-13(20)19(9-11)15(2,3)4/h6,11H,7-9H2,1-5H3,(H,16,21)/t11-/m0/s1. The highest BCUT2D eigenvalue weighted by Gasteiger charge is 2.39. The summed E-state index contributed by atoms with van der Waals surface area (Å²) in [5.74, 6) is -0.265. The van der Waals surface area contributed by atoms with Gasteiger partial charge in [0.1, 0.15) is 0 Å². The molecule has 1 aliphatic heterocycles. The van der Waals surface area contributed by atoms with E-state index in [2.05, 4.69) is 10.4 Å². The van der Waals surface area contributed by atoms with E-state index < -0.39 is 0 Å². The van der Waals surface area contributed by atoms with Gasteiger partial charge in [0.2, 0.25) is 11.8 Å². The van der Waals surface area contributed by atoms with Gasteiger partial charge in [-0.15, -0.1) is 0 Å². The fourth-order valence-electron chi connectivity index (χ4n) is 2.68. The maximum Gasteiger partial charge on any atom is 0.225 e. The smallest absolute Gasteiger partial charge is 0.225 e. The molecule has 0 aromatic carbocycles. The van der Waals surface area contributed by atoms with Gasteiger partial charge in [-0.25, -0.2) is 0 Å². The zero-order valence-electron chi connectivity index (χ0n) is 13.4. The summed E-state index contributed by atoms with van der Waals surface area (Å²) in [5.41, 5.74) is 1.65. The van der Waals surface area contributed by atoms with Crippen LogP contribution in [0.5, 0.6) is 0 Å². The van der Waals surface area contributed by atoms with E-state index in [4.69, 9.17) is 0 Å². The first-order chi connectivity index (χ1) is 9.68. The Kier molecular flexibility index (Phi) is 4.07. The van der Waals surface area contributed by atoms with Crippen LogP contribution in [0.2, 0.25) is 0 Å². The molecule has 21 heavy (non-hydrogen) atoms. The summed E-state index contributed by atoms with van der Waals surface area (Å²) in [6, 6.07) is 1.95. The highest BCUT2D eigenvalue weighted by molar-refractivity contribution is 5.89. The van der Waals surface area contributed by atoms with Crippen LogP contribution in [0.1, 0.15) is 38.6 Å². The van der Waals surface area contributed by atoms with Crippen molar-refractivity contribution in [3.63, 3.8) is 0 Å². The Morgan fingerprint density at radius 2 is 2.14 bits per heavy atom. The molecular weight excluding hydrogens is 268 g/mol. The Bertz CT molecular complexity index is 557. The Hall–Kier alpha value is -1.85. The maximum absolute atomic E-state index is 12.2. The van der Waals surface area contributed by atoms with Crippen molar-refractivity contribution < 1.29 is 9.59 Å². The van der Waals surface area contributed by atoms with E-state index in [0.29, 0.717) is 19.5 Å². The van der Waals surface area contributed by atoms with Gasteiger partial charge in [0.05, 0.1) is 23.9 Å². The van der Waals surface area contributed by atoms with Crippen LogP contribution in [0.3, 0.4) is 0 Å². The van der Waals surface area contributed by atoms with Crippen LogP contribution in [-0.2, 0) is 23.2 Å². The SMILES string of the molecule is Cc1cc(CNC(=O)[C@H]2CC(=O)N(C(C)(C)C)C2)n(C)n1. The number of amides is 2. The van der Waals surface area contributed by atoms with Gasteiger partial charge in [0.15, 0.2) is 0 Å². The molecule has 2 rings (SSSR count). The molecule has 1 aromatic rings. The van der Waals surface area contributed by atoms with Gasteiger partial charge in [0.25, 0.3) is 0 Å². The van der Waals surface area contributed by atoms with E-state index in [0.717, 1.165) is 11.4 Å². The first-order valence-electron chi connectivity index (χ1n) is 7.26. The Labute approximate surface area is 125 Å². The van der Waals surface area contributed by atoms with Crippen LogP contribution in [0, 0.1) is 12.8 Å². The highest BCUT2D eigenvalue weighted by atomic mass is 16.2. The molecule has 1 fully saturated rings. The van der Waals surface area contributed by atoms with E-state index in [1.54, 1.807) is 9.58 Å². The molecule has 0 spiro atoms. The molecule has 2 amide bonds. The molecule has 6 nitrogen and oxygen atoms in total. The van der Waals surface area contributed by atoms with Gasteiger partial charge in [-0.3, -0.25) is 14.3 Å². The quantitative estimate of drug-likeness (QED) is 0.903. The highest BCUT2D eigenvalue weighted by Crippen LogP contribution is 2.25. The van der Waals surface area contributed by atoms with Gasteiger partial charge in [0, 0.05) is 25.6 Å². The predicted octanol–water partition coefficient (Wildman–Crippen LogP) is 0.992. The van der Waals surface area contributed by atoms with Crippen LogP contribution in [0.4, 0.5) is 0 Å². The van der Waals surface area contributed by atoms with Crippen LogP contribution >= 0.6 is 0 Å². The van der Waals surface area contributed by atoms with Crippen molar-refractivity contribution in [3.05, 3.63) is 17.5 Å². The number of hydrogen-bond donors (Lipinski definition) is 1. The zero-order chi connectivity index (χ0) is 15.8. The van der Waals surface area contributed by atoms with Crippen molar-refractivity contribution >= 4 is 11.8 Å². The molecule has 2 heterocycles. The monoisotopic (exact) mass is 292 g/mol. The van der Waals surface area contributed by atoms with E-state index in [9.17, 15) is 9.59 Å². The van der Waals surface area contributed by atoms with Crippen LogP contribution in [0.15, 0.2) is 6.07 Å². The minimum absolute atomic E-state index is 0.0547. The second kappa shape index (κ2) is 5.50. The minimum Gasteiger partial charge on any atom is -0.350 e. The summed E-state index contributed by atoms with van der Waals surface area (Å²) >= 11 is 0. The van der Waals surface area contributed by atoms with Crippen molar-refractivity contribution in [1.29, 1.82) is 0 Å². The predicted molar refractivity (Wildman–Crippen MR) is 79.4 cm³/mol. The number of carbonyl (C=O) groups is 2. The average Bonchev–Trinajstić information content (AvgIpc) is 2.89. The lowest BCUT2D eigenvalue weighted by molar-refractivity contribution is -0.132. The molecule has 0 radical (unpaired) electrons. The van der Waals surface area contributed by atoms with E-state index in [-0.39, 0.29) is 23.3 Å². The molecule has 0 bridgehead atoms. The van der Waals surface area contributed by atoms with Gasteiger partial charge < -0.3 is 10.2 Å². The van der Waals surface area contributed by atoms with Crippen molar-refractivity contribution in [2.75, 3.05) is 6.54 Å². The molecule has 1 aliphatic rings. The normalized spacial score (nSPS) is 19.2. The number of likely N-dealkylation sites (tertiary alicyclic amines) is 1. The summed E-state index contributed by atoms with van der Waals surface area (Å²) in [5, 5.41) is 7.15. The number of nitrogens with zero attached hydrogens (tertiary/aromatic N) is 3. The maximum atomic E-state index is 12.2. The molecule has 1 N–H and O–H groups in total. The van der Waals surface area contributed by atoms with Gasteiger partial charge >= 0.3 is 0 Å². The third-order valence-corrected chi connectivity index (χ3v) is 3.85. The fourth-order valence-corrected chi connectivity index (χ4v) is 2.68. The molecule has 1 atom stereocenters. The third kappa shape index (κ3) is 3.43. The molecular formula is C15H24N4O2. The van der Waals surface area contributed by atoms with Crippen molar-refractivity contribution in [3.8, 4) is 0 Å². The summed E-state index contributed by atoms with van der Waals surface area (Å²) in [6.45, 7) is 8.83. The molecule has 116 valence electrons. The van der Waals surface area contributed by atoms with Crippen LogP contribution in [-0.4, -0.2) is 38.6 Å².